The maximum Gasteiger partial charge on any atom is 0.149 e. The van der Waals surface area contributed by atoms with Gasteiger partial charge in [-0.3, -0.25) is 0 Å². The molecule has 1 aliphatic rings. The highest BCUT2D eigenvalue weighted by Gasteiger charge is 2.19. The predicted molar refractivity (Wildman–Crippen MR) is 103 cm³/mol. The van der Waals surface area contributed by atoms with Crippen LogP contribution in [0.2, 0.25) is 0 Å². The highest BCUT2D eigenvalue weighted by Crippen LogP contribution is 2.25. The van der Waals surface area contributed by atoms with Crippen molar-refractivity contribution in [2.75, 3.05) is 7.11 Å². The summed E-state index contributed by atoms with van der Waals surface area (Å²) in [5.74, 6) is 3.19. The standard InChI is InChI=1S/C19H28N4O.ClH/c1-13-10-16(11-14(2)18(13)24-4)12-20-15(3)19-22-21-17-8-6-5-7-9-23(17)19;/h10-11,15,20H,5-9,12H2,1-4H3;1H. The summed E-state index contributed by atoms with van der Waals surface area (Å²) < 4.78 is 7.76. The van der Waals surface area contributed by atoms with Gasteiger partial charge in [-0.1, -0.05) is 18.6 Å². The number of benzene rings is 1. The van der Waals surface area contributed by atoms with Crippen molar-refractivity contribution < 1.29 is 4.74 Å². The van der Waals surface area contributed by atoms with E-state index in [2.05, 4.69) is 53.0 Å². The molecule has 1 unspecified atom stereocenters. The number of hydrogen-bond donors (Lipinski definition) is 1. The highest BCUT2D eigenvalue weighted by atomic mass is 35.5. The minimum atomic E-state index is 0. The molecule has 2 aromatic rings. The van der Waals surface area contributed by atoms with Gasteiger partial charge in [0.05, 0.1) is 13.2 Å². The van der Waals surface area contributed by atoms with E-state index in [0.29, 0.717) is 0 Å². The molecule has 138 valence electrons. The molecule has 1 atom stereocenters. The van der Waals surface area contributed by atoms with Crippen LogP contribution >= 0.6 is 12.4 Å². The van der Waals surface area contributed by atoms with Crippen LogP contribution < -0.4 is 10.1 Å². The maximum absolute atomic E-state index is 5.45. The SMILES string of the molecule is COc1c(C)cc(CNC(C)c2nnc3n2CCCCC3)cc1C.Cl. The van der Waals surface area contributed by atoms with Crippen molar-refractivity contribution >= 4 is 12.4 Å². The Hall–Kier alpha value is -1.59. The molecule has 0 saturated heterocycles. The fraction of sp³-hybridized carbons (Fsp3) is 0.579. The molecule has 25 heavy (non-hydrogen) atoms. The van der Waals surface area contributed by atoms with Crippen molar-refractivity contribution in [3.05, 3.63) is 40.5 Å². The van der Waals surface area contributed by atoms with E-state index < -0.39 is 0 Å². The molecule has 5 nitrogen and oxygen atoms in total. The van der Waals surface area contributed by atoms with Crippen molar-refractivity contribution in [3.63, 3.8) is 0 Å². The minimum Gasteiger partial charge on any atom is -0.496 e. The summed E-state index contributed by atoms with van der Waals surface area (Å²) in [6.07, 6.45) is 4.79. The molecular weight excluding hydrogens is 336 g/mol. The van der Waals surface area contributed by atoms with Gasteiger partial charge < -0.3 is 14.6 Å². The van der Waals surface area contributed by atoms with Gasteiger partial charge in [0.1, 0.15) is 17.4 Å². The first-order valence-corrected chi connectivity index (χ1v) is 8.89. The second kappa shape index (κ2) is 8.68. The summed E-state index contributed by atoms with van der Waals surface area (Å²) in [5.41, 5.74) is 3.63. The van der Waals surface area contributed by atoms with Crippen molar-refractivity contribution in [3.8, 4) is 5.75 Å². The van der Waals surface area contributed by atoms with Crippen LogP contribution in [0.5, 0.6) is 5.75 Å². The fourth-order valence-corrected chi connectivity index (χ4v) is 3.65. The van der Waals surface area contributed by atoms with Crippen LogP contribution in [0.25, 0.3) is 0 Å². The molecule has 1 N–H and O–H groups in total. The lowest BCUT2D eigenvalue weighted by molar-refractivity contribution is 0.408. The third-order valence-corrected chi connectivity index (χ3v) is 4.86. The normalized spacial score (nSPS) is 15.0. The van der Waals surface area contributed by atoms with Crippen LogP contribution in [0.1, 0.15) is 60.6 Å². The third-order valence-electron chi connectivity index (χ3n) is 4.86. The van der Waals surface area contributed by atoms with Gasteiger partial charge >= 0.3 is 0 Å². The number of rotatable bonds is 5. The Kier molecular flexibility index (Phi) is 6.85. The van der Waals surface area contributed by atoms with Gasteiger partial charge in [0.15, 0.2) is 0 Å². The Labute approximate surface area is 156 Å². The molecule has 0 aliphatic carbocycles. The third kappa shape index (κ3) is 4.33. The largest absolute Gasteiger partial charge is 0.496 e. The van der Waals surface area contributed by atoms with Crippen molar-refractivity contribution in [2.24, 2.45) is 0 Å². The average Bonchev–Trinajstić information content (AvgIpc) is 2.81. The number of fused-ring (bicyclic) bond motifs is 1. The number of aromatic nitrogens is 3. The predicted octanol–water partition coefficient (Wildman–Crippen LogP) is 3.90. The second-order valence-corrected chi connectivity index (χ2v) is 6.80. The summed E-state index contributed by atoms with van der Waals surface area (Å²) in [6.45, 7) is 8.22. The number of halogens is 1. The van der Waals surface area contributed by atoms with E-state index in [1.54, 1.807) is 7.11 Å². The minimum absolute atomic E-state index is 0. The van der Waals surface area contributed by atoms with Crippen LogP contribution in [-0.2, 0) is 19.5 Å². The number of hydrogen-bond acceptors (Lipinski definition) is 4. The van der Waals surface area contributed by atoms with Gasteiger partial charge in [-0.25, -0.2) is 0 Å². The van der Waals surface area contributed by atoms with Gasteiger partial charge in [0.2, 0.25) is 0 Å². The van der Waals surface area contributed by atoms with Crippen molar-refractivity contribution in [1.82, 2.24) is 20.1 Å². The topological polar surface area (TPSA) is 52.0 Å². The number of ether oxygens (including phenoxy) is 1. The van der Waals surface area contributed by atoms with Crippen LogP contribution in [0.15, 0.2) is 12.1 Å². The summed E-state index contributed by atoms with van der Waals surface area (Å²) >= 11 is 0. The van der Waals surface area contributed by atoms with E-state index in [4.69, 9.17) is 4.74 Å². The Balaban J connectivity index is 0.00000225. The summed E-state index contributed by atoms with van der Waals surface area (Å²) in [7, 11) is 1.73. The van der Waals surface area contributed by atoms with Gasteiger partial charge in [0.25, 0.3) is 0 Å². The van der Waals surface area contributed by atoms with Crippen LogP contribution in [0, 0.1) is 13.8 Å². The first-order chi connectivity index (χ1) is 11.6. The van der Waals surface area contributed by atoms with E-state index in [0.717, 1.165) is 36.9 Å². The first kappa shape index (κ1) is 19.7. The molecule has 0 radical (unpaired) electrons. The number of nitrogens with one attached hydrogen (secondary N) is 1. The Morgan fingerprint density at radius 3 is 2.56 bits per heavy atom. The Morgan fingerprint density at radius 1 is 1.16 bits per heavy atom. The summed E-state index contributed by atoms with van der Waals surface area (Å²) in [4.78, 5) is 0. The number of nitrogens with zero attached hydrogens (tertiary/aromatic N) is 3. The van der Waals surface area contributed by atoms with E-state index in [1.165, 1.54) is 36.0 Å². The van der Waals surface area contributed by atoms with Gasteiger partial charge in [-0.2, -0.15) is 0 Å². The zero-order valence-corrected chi connectivity index (χ0v) is 16.4. The van der Waals surface area contributed by atoms with E-state index in [-0.39, 0.29) is 18.4 Å². The van der Waals surface area contributed by atoms with Crippen LogP contribution in [0.3, 0.4) is 0 Å². The van der Waals surface area contributed by atoms with Crippen LogP contribution in [0.4, 0.5) is 0 Å². The molecule has 0 bridgehead atoms. The van der Waals surface area contributed by atoms with E-state index in [9.17, 15) is 0 Å². The lowest BCUT2D eigenvalue weighted by Gasteiger charge is -2.16. The van der Waals surface area contributed by atoms with Crippen molar-refractivity contribution in [1.29, 1.82) is 0 Å². The van der Waals surface area contributed by atoms with Gasteiger partial charge in [-0.15, -0.1) is 22.6 Å². The van der Waals surface area contributed by atoms with E-state index >= 15 is 0 Å². The Bertz CT molecular complexity index is 690. The molecule has 0 spiro atoms. The highest BCUT2D eigenvalue weighted by molar-refractivity contribution is 5.85. The molecule has 3 rings (SSSR count). The molecule has 0 fully saturated rings. The lowest BCUT2D eigenvalue weighted by atomic mass is 10.1. The van der Waals surface area contributed by atoms with Gasteiger partial charge in [0, 0.05) is 19.5 Å². The average molecular weight is 365 g/mol. The van der Waals surface area contributed by atoms with E-state index in [1.807, 2.05) is 0 Å². The maximum atomic E-state index is 5.45. The van der Waals surface area contributed by atoms with Crippen LogP contribution in [-0.4, -0.2) is 21.9 Å². The molecule has 2 heterocycles. The molecule has 1 aromatic heterocycles. The second-order valence-electron chi connectivity index (χ2n) is 6.80. The van der Waals surface area contributed by atoms with Crippen molar-refractivity contribution in [2.45, 2.75) is 65.6 Å². The zero-order valence-electron chi connectivity index (χ0n) is 15.6. The monoisotopic (exact) mass is 364 g/mol. The molecule has 1 aliphatic heterocycles. The lowest BCUT2D eigenvalue weighted by Crippen LogP contribution is -2.22. The Morgan fingerprint density at radius 2 is 1.88 bits per heavy atom. The van der Waals surface area contributed by atoms with Gasteiger partial charge in [-0.05, 0) is 50.3 Å². The molecule has 0 amide bonds. The zero-order chi connectivity index (χ0) is 17.1. The molecule has 1 aromatic carbocycles. The quantitative estimate of drug-likeness (QED) is 0.874. The summed E-state index contributed by atoms with van der Waals surface area (Å²) in [5, 5.41) is 12.4. The number of aryl methyl sites for hydroxylation is 3. The molecule has 6 heteroatoms. The molecule has 0 saturated carbocycles. The smallest absolute Gasteiger partial charge is 0.149 e. The summed E-state index contributed by atoms with van der Waals surface area (Å²) in [6, 6.07) is 4.57. The molecular formula is C19H29ClN4O. The first-order valence-electron chi connectivity index (χ1n) is 8.89. The number of methoxy groups -OCH3 is 1. The fourth-order valence-electron chi connectivity index (χ4n) is 3.65.